The first-order valence-corrected chi connectivity index (χ1v) is 3.19. The number of aliphatic hydroxyl groups is 4. The fraction of sp³-hybridized carbons (Fsp3) is 0.833. The standard InChI is InChI=1S/C6H12O5/c1-3(8)5(10)6(11)4(9)2-7/h3-4,6-9,11H,2H2,1H3/t3?,4-,6+/m1/s1. The summed E-state index contributed by atoms with van der Waals surface area (Å²) in [4.78, 5) is 10.7. The molecule has 0 aromatic heterocycles. The maximum absolute atomic E-state index is 10.7. The molecule has 3 atom stereocenters. The van der Waals surface area contributed by atoms with Gasteiger partial charge >= 0.3 is 0 Å². The van der Waals surface area contributed by atoms with Crippen molar-refractivity contribution in [3.05, 3.63) is 0 Å². The summed E-state index contributed by atoms with van der Waals surface area (Å²) in [7, 11) is 0. The van der Waals surface area contributed by atoms with Gasteiger partial charge in [0.05, 0.1) is 6.61 Å². The molecular weight excluding hydrogens is 152 g/mol. The Morgan fingerprint density at radius 3 is 2.09 bits per heavy atom. The number of hydrogen-bond acceptors (Lipinski definition) is 5. The Hall–Kier alpha value is -0.490. The number of aliphatic hydroxyl groups excluding tert-OH is 4. The van der Waals surface area contributed by atoms with E-state index in [0.29, 0.717) is 0 Å². The normalized spacial score (nSPS) is 19.0. The Balaban J connectivity index is 4.02. The van der Waals surface area contributed by atoms with Crippen LogP contribution in [-0.4, -0.2) is 51.1 Å². The van der Waals surface area contributed by atoms with E-state index in [1.165, 1.54) is 6.92 Å². The molecule has 0 saturated heterocycles. The van der Waals surface area contributed by atoms with Crippen LogP contribution >= 0.6 is 0 Å². The lowest BCUT2D eigenvalue weighted by molar-refractivity contribution is -0.142. The molecule has 0 bridgehead atoms. The third-order valence-electron chi connectivity index (χ3n) is 1.25. The molecule has 66 valence electrons. The molecule has 0 saturated carbocycles. The average molecular weight is 164 g/mol. The molecule has 11 heavy (non-hydrogen) atoms. The monoisotopic (exact) mass is 164 g/mol. The van der Waals surface area contributed by atoms with E-state index in [4.69, 9.17) is 20.4 Å². The van der Waals surface area contributed by atoms with Crippen molar-refractivity contribution in [2.24, 2.45) is 0 Å². The smallest absolute Gasteiger partial charge is 0.192 e. The number of carbonyl (C=O) groups is 1. The zero-order valence-corrected chi connectivity index (χ0v) is 6.14. The summed E-state index contributed by atoms with van der Waals surface area (Å²) in [5, 5.41) is 34.5. The van der Waals surface area contributed by atoms with Gasteiger partial charge in [-0.3, -0.25) is 4.79 Å². The van der Waals surface area contributed by atoms with Crippen LogP contribution in [0.4, 0.5) is 0 Å². The summed E-state index contributed by atoms with van der Waals surface area (Å²) >= 11 is 0. The van der Waals surface area contributed by atoms with Gasteiger partial charge in [0, 0.05) is 0 Å². The Kier molecular flexibility index (Phi) is 4.20. The van der Waals surface area contributed by atoms with Crippen LogP contribution in [0.15, 0.2) is 0 Å². The van der Waals surface area contributed by atoms with Gasteiger partial charge in [-0.1, -0.05) is 0 Å². The first-order valence-electron chi connectivity index (χ1n) is 3.19. The minimum atomic E-state index is -1.71. The molecule has 0 aromatic carbocycles. The highest BCUT2D eigenvalue weighted by Gasteiger charge is 2.26. The van der Waals surface area contributed by atoms with Crippen molar-refractivity contribution in [1.29, 1.82) is 0 Å². The third kappa shape index (κ3) is 2.94. The topological polar surface area (TPSA) is 98.0 Å². The van der Waals surface area contributed by atoms with Gasteiger partial charge in [-0.25, -0.2) is 0 Å². The number of carbonyl (C=O) groups excluding carboxylic acids is 1. The van der Waals surface area contributed by atoms with Gasteiger partial charge in [0.1, 0.15) is 18.3 Å². The average Bonchev–Trinajstić information content (AvgIpc) is 2.00. The van der Waals surface area contributed by atoms with Gasteiger partial charge in [-0.2, -0.15) is 0 Å². The Morgan fingerprint density at radius 2 is 1.82 bits per heavy atom. The van der Waals surface area contributed by atoms with Gasteiger partial charge in [0.25, 0.3) is 0 Å². The summed E-state index contributed by atoms with van der Waals surface area (Å²) in [5.41, 5.74) is 0. The van der Waals surface area contributed by atoms with Crippen molar-refractivity contribution >= 4 is 5.78 Å². The molecule has 1 unspecified atom stereocenters. The molecule has 5 heteroatoms. The Morgan fingerprint density at radius 1 is 1.36 bits per heavy atom. The van der Waals surface area contributed by atoms with E-state index in [1.54, 1.807) is 0 Å². The Bertz CT molecular complexity index is 133. The summed E-state index contributed by atoms with van der Waals surface area (Å²) in [6, 6.07) is 0. The van der Waals surface area contributed by atoms with Crippen LogP contribution in [0.2, 0.25) is 0 Å². The molecule has 0 amide bonds. The largest absolute Gasteiger partial charge is 0.394 e. The van der Waals surface area contributed by atoms with Crippen molar-refractivity contribution in [3.63, 3.8) is 0 Å². The van der Waals surface area contributed by atoms with Crippen LogP contribution in [0.5, 0.6) is 0 Å². The number of rotatable bonds is 4. The highest BCUT2D eigenvalue weighted by molar-refractivity contribution is 5.87. The van der Waals surface area contributed by atoms with Crippen LogP contribution in [0.25, 0.3) is 0 Å². The molecule has 0 heterocycles. The highest BCUT2D eigenvalue weighted by atomic mass is 16.4. The maximum atomic E-state index is 10.7. The second kappa shape index (κ2) is 4.40. The minimum Gasteiger partial charge on any atom is -0.394 e. The van der Waals surface area contributed by atoms with Crippen molar-refractivity contribution < 1.29 is 25.2 Å². The lowest BCUT2D eigenvalue weighted by Gasteiger charge is -2.15. The van der Waals surface area contributed by atoms with Crippen molar-refractivity contribution in [1.82, 2.24) is 0 Å². The van der Waals surface area contributed by atoms with Gasteiger partial charge in [0.15, 0.2) is 5.78 Å². The zero-order chi connectivity index (χ0) is 9.02. The zero-order valence-electron chi connectivity index (χ0n) is 6.14. The van der Waals surface area contributed by atoms with Gasteiger partial charge < -0.3 is 20.4 Å². The SMILES string of the molecule is CC(O)C(=O)[C@@H](O)[C@H](O)CO. The second-order valence-corrected chi connectivity index (χ2v) is 2.27. The molecule has 4 N–H and O–H groups in total. The minimum absolute atomic E-state index is 0.709. The molecule has 0 aliphatic rings. The van der Waals surface area contributed by atoms with E-state index < -0.39 is 30.7 Å². The first-order chi connectivity index (χ1) is 5.00. The summed E-state index contributed by atoms with van der Waals surface area (Å²) in [6.45, 7) is 0.468. The molecule has 0 radical (unpaired) electrons. The predicted molar refractivity (Wildman–Crippen MR) is 35.8 cm³/mol. The number of Topliss-reactive ketones (excluding diaryl/α,β-unsaturated/α-hetero) is 1. The molecule has 0 rings (SSSR count). The fourth-order valence-corrected chi connectivity index (χ4v) is 0.537. The number of ketones is 1. The van der Waals surface area contributed by atoms with Gasteiger partial charge in [-0.05, 0) is 6.92 Å². The van der Waals surface area contributed by atoms with Gasteiger partial charge in [0.2, 0.25) is 0 Å². The van der Waals surface area contributed by atoms with E-state index in [-0.39, 0.29) is 0 Å². The van der Waals surface area contributed by atoms with E-state index >= 15 is 0 Å². The molecule has 0 aromatic rings. The molecule has 5 nitrogen and oxygen atoms in total. The van der Waals surface area contributed by atoms with Gasteiger partial charge in [-0.15, -0.1) is 0 Å². The predicted octanol–water partition coefficient (Wildman–Crippen LogP) is -2.35. The quantitative estimate of drug-likeness (QED) is 0.373. The second-order valence-electron chi connectivity index (χ2n) is 2.27. The van der Waals surface area contributed by atoms with E-state index in [2.05, 4.69) is 0 Å². The summed E-state index contributed by atoms with van der Waals surface area (Å²) in [5.74, 6) is -0.897. The summed E-state index contributed by atoms with van der Waals surface area (Å²) in [6.07, 6.45) is -4.55. The van der Waals surface area contributed by atoms with Crippen molar-refractivity contribution in [2.75, 3.05) is 6.61 Å². The lowest BCUT2D eigenvalue weighted by atomic mass is 10.1. The molecule has 0 aliphatic heterocycles. The van der Waals surface area contributed by atoms with E-state index in [9.17, 15) is 4.79 Å². The number of hydrogen-bond donors (Lipinski definition) is 4. The van der Waals surface area contributed by atoms with Crippen LogP contribution in [-0.2, 0) is 4.79 Å². The van der Waals surface area contributed by atoms with Crippen LogP contribution < -0.4 is 0 Å². The first kappa shape index (κ1) is 10.5. The molecule has 0 aliphatic carbocycles. The van der Waals surface area contributed by atoms with E-state index in [0.717, 1.165) is 0 Å². The Labute approximate surface area is 63.9 Å². The molecule has 0 fully saturated rings. The fourth-order valence-electron chi connectivity index (χ4n) is 0.537. The third-order valence-corrected chi connectivity index (χ3v) is 1.25. The van der Waals surface area contributed by atoms with Crippen LogP contribution in [0.3, 0.4) is 0 Å². The van der Waals surface area contributed by atoms with Crippen LogP contribution in [0, 0.1) is 0 Å². The maximum Gasteiger partial charge on any atom is 0.192 e. The van der Waals surface area contributed by atoms with E-state index in [1.807, 2.05) is 0 Å². The van der Waals surface area contributed by atoms with Crippen molar-refractivity contribution in [3.8, 4) is 0 Å². The molecule has 0 spiro atoms. The van der Waals surface area contributed by atoms with Crippen molar-refractivity contribution in [2.45, 2.75) is 25.2 Å². The summed E-state index contributed by atoms with van der Waals surface area (Å²) < 4.78 is 0. The highest BCUT2D eigenvalue weighted by Crippen LogP contribution is 1.97. The van der Waals surface area contributed by atoms with Crippen LogP contribution in [0.1, 0.15) is 6.92 Å². The lowest BCUT2D eigenvalue weighted by Crippen LogP contribution is -2.41. The molecular formula is C6H12O5.